The lowest BCUT2D eigenvalue weighted by atomic mass is 10.1. The fourth-order valence-corrected chi connectivity index (χ4v) is 3.25. The van der Waals surface area contributed by atoms with Crippen molar-refractivity contribution < 1.29 is 4.39 Å². The Hall–Kier alpha value is -2.47. The number of aromatic nitrogens is 3. The second-order valence-electron chi connectivity index (χ2n) is 5.20. The van der Waals surface area contributed by atoms with Crippen molar-refractivity contribution in [1.82, 2.24) is 14.9 Å². The van der Waals surface area contributed by atoms with Crippen molar-refractivity contribution in [1.29, 1.82) is 0 Å². The first-order valence-electron chi connectivity index (χ1n) is 7.24. The quantitative estimate of drug-likeness (QED) is 0.742. The number of thioether (sulfide) groups is 1. The van der Waals surface area contributed by atoms with E-state index in [1.165, 1.54) is 12.1 Å². The smallest absolute Gasteiger partial charge is 0.207 e. The first-order valence-corrected chi connectivity index (χ1v) is 8.23. The lowest BCUT2D eigenvalue weighted by molar-refractivity contribution is 0.627. The van der Waals surface area contributed by atoms with Gasteiger partial charge in [-0.05, 0) is 23.3 Å². The van der Waals surface area contributed by atoms with Gasteiger partial charge in [-0.2, -0.15) is 5.10 Å². The molecule has 0 atom stereocenters. The van der Waals surface area contributed by atoms with E-state index in [9.17, 15) is 4.39 Å². The van der Waals surface area contributed by atoms with E-state index in [1.807, 2.05) is 30.3 Å². The summed E-state index contributed by atoms with van der Waals surface area (Å²) in [7, 11) is 0. The monoisotopic (exact) mass is 324 g/mol. The molecule has 23 heavy (non-hydrogen) atoms. The van der Waals surface area contributed by atoms with Gasteiger partial charge in [-0.25, -0.2) is 9.37 Å². The van der Waals surface area contributed by atoms with Crippen molar-refractivity contribution >= 4 is 17.5 Å². The largest absolute Gasteiger partial charge is 0.211 e. The van der Waals surface area contributed by atoms with Gasteiger partial charge in [0, 0.05) is 12.2 Å². The molecule has 1 aromatic heterocycles. The molecule has 1 aliphatic rings. The van der Waals surface area contributed by atoms with Crippen LogP contribution in [0.3, 0.4) is 0 Å². The van der Waals surface area contributed by atoms with Gasteiger partial charge < -0.3 is 0 Å². The third-order valence-corrected chi connectivity index (χ3v) is 4.47. The minimum Gasteiger partial charge on any atom is -0.207 e. The maximum Gasteiger partial charge on any atom is 0.211 e. The van der Waals surface area contributed by atoms with Gasteiger partial charge in [0.2, 0.25) is 5.16 Å². The zero-order valence-electron chi connectivity index (χ0n) is 12.2. The van der Waals surface area contributed by atoms with Crippen LogP contribution in [0, 0.1) is 5.82 Å². The minimum absolute atomic E-state index is 0.237. The van der Waals surface area contributed by atoms with Gasteiger partial charge in [0.1, 0.15) is 5.82 Å². The lowest BCUT2D eigenvalue weighted by Gasteiger charge is -2.11. The van der Waals surface area contributed by atoms with Crippen molar-refractivity contribution in [2.45, 2.75) is 11.6 Å². The Balaban J connectivity index is 1.60. The Kier molecular flexibility index (Phi) is 3.67. The number of fused-ring (bicyclic) bond motifs is 1. The minimum atomic E-state index is -0.237. The summed E-state index contributed by atoms with van der Waals surface area (Å²) in [4.78, 5) is 6.10. The Morgan fingerprint density at radius 1 is 1.04 bits per heavy atom. The Morgan fingerprint density at radius 3 is 2.61 bits per heavy atom. The van der Waals surface area contributed by atoms with Gasteiger partial charge in [0.15, 0.2) is 5.82 Å². The maximum absolute atomic E-state index is 13.0. The Bertz CT molecular complexity index is 856. The molecule has 0 spiro atoms. The van der Waals surface area contributed by atoms with Crippen LogP contribution < -0.4 is 0 Å². The molecule has 0 saturated carbocycles. The predicted molar refractivity (Wildman–Crippen MR) is 88.3 cm³/mol. The van der Waals surface area contributed by atoms with Crippen LogP contribution in [0.2, 0.25) is 0 Å². The van der Waals surface area contributed by atoms with Gasteiger partial charge in [-0.3, -0.25) is 0 Å². The number of halogens is 1. The van der Waals surface area contributed by atoms with Crippen molar-refractivity contribution in [2.75, 3.05) is 5.75 Å². The third kappa shape index (κ3) is 3.03. The summed E-state index contributed by atoms with van der Waals surface area (Å²) in [5, 5.41) is 9.81. The van der Waals surface area contributed by atoms with Crippen LogP contribution in [0.1, 0.15) is 17.0 Å². The number of hydrogen-bond donors (Lipinski definition) is 0. The number of benzene rings is 2. The Labute approximate surface area is 137 Å². The van der Waals surface area contributed by atoms with E-state index in [0.717, 1.165) is 27.7 Å². The van der Waals surface area contributed by atoms with E-state index >= 15 is 0 Å². The molecule has 0 unspecified atom stereocenters. The normalized spacial score (nSPS) is 13.5. The molecule has 6 heteroatoms. The van der Waals surface area contributed by atoms with Crippen molar-refractivity contribution in [3.63, 3.8) is 0 Å². The Morgan fingerprint density at radius 2 is 1.83 bits per heavy atom. The summed E-state index contributed by atoms with van der Waals surface area (Å²) in [6, 6.07) is 16.5. The highest BCUT2D eigenvalue weighted by Gasteiger charge is 2.18. The molecule has 0 saturated heterocycles. The van der Waals surface area contributed by atoms with E-state index in [-0.39, 0.29) is 5.82 Å². The molecule has 0 aliphatic carbocycles. The van der Waals surface area contributed by atoms with Crippen LogP contribution >= 0.6 is 11.8 Å². The molecule has 2 heterocycles. The molecule has 3 aromatic rings. The molecule has 0 fully saturated rings. The van der Waals surface area contributed by atoms with Gasteiger partial charge >= 0.3 is 0 Å². The third-order valence-electron chi connectivity index (χ3n) is 3.54. The van der Waals surface area contributed by atoms with Crippen molar-refractivity contribution in [3.8, 4) is 0 Å². The van der Waals surface area contributed by atoms with Gasteiger partial charge in [-0.15, -0.1) is 9.89 Å². The summed E-state index contributed by atoms with van der Waals surface area (Å²) in [6.07, 6.45) is 0.566. The molecule has 2 aromatic carbocycles. The molecule has 0 N–H and O–H groups in total. The van der Waals surface area contributed by atoms with E-state index in [4.69, 9.17) is 0 Å². The van der Waals surface area contributed by atoms with Crippen molar-refractivity contribution in [2.24, 2.45) is 5.10 Å². The van der Waals surface area contributed by atoms with Crippen LogP contribution in [0.15, 0.2) is 64.9 Å². The van der Waals surface area contributed by atoms with Crippen LogP contribution in [0.4, 0.5) is 4.39 Å². The van der Waals surface area contributed by atoms with Gasteiger partial charge in [0.05, 0.1) is 5.71 Å². The first-order chi connectivity index (χ1) is 11.3. The van der Waals surface area contributed by atoms with E-state index in [0.29, 0.717) is 12.2 Å². The number of nitrogens with zero attached hydrogens (tertiary/aromatic N) is 4. The van der Waals surface area contributed by atoms with Crippen LogP contribution in [-0.2, 0) is 6.42 Å². The number of hydrogen-bond acceptors (Lipinski definition) is 4. The molecule has 4 rings (SSSR count). The highest BCUT2D eigenvalue weighted by molar-refractivity contribution is 7.99. The summed E-state index contributed by atoms with van der Waals surface area (Å²) in [5.41, 5.74) is 3.06. The first kappa shape index (κ1) is 14.1. The predicted octanol–water partition coefficient (Wildman–Crippen LogP) is 3.37. The molecule has 1 aliphatic heterocycles. The zero-order valence-corrected chi connectivity index (χ0v) is 13.0. The molecular weight excluding hydrogens is 311 g/mol. The topological polar surface area (TPSA) is 43.1 Å². The fraction of sp³-hybridized carbons (Fsp3) is 0.118. The number of rotatable bonds is 3. The van der Waals surface area contributed by atoms with Gasteiger partial charge in [0.25, 0.3) is 0 Å². The highest BCUT2D eigenvalue weighted by atomic mass is 32.2. The van der Waals surface area contributed by atoms with Crippen LogP contribution in [-0.4, -0.2) is 26.3 Å². The lowest BCUT2D eigenvalue weighted by Crippen LogP contribution is -2.13. The highest BCUT2D eigenvalue weighted by Crippen LogP contribution is 2.23. The van der Waals surface area contributed by atoms with Gasteiger partial charge in [-0.1, -0.05) is 54.2 Å². The summed E-state index contributed by atoms with van der Waals surface area (Å²) in [5.74, 6) is 1.23. The molecule has 114 valence electrons. The summed E-state index contributed by atoms with van der Waals surface area (Å²) < 4.78 is 13.0. The molecule has 4 nitrogen and oxygen atoms in total. The SMILES string of the molecule is Fc1ccc(Cc2nc3n(n2)N=C(c2ccccc2)CS3)cc1. The maximum atomic E-state index is 13.0. The average molecular weight is 324 g/mol. The van der Waals surface area contributed by atoms with E-state index in [1.54, 1.807) is 28.7 Å². The summed E-state index contributed by atoms with van der Waals surface area (Å²) in [6.45, 7) is 0. The zero-order chi connectivity index (χ0) is 15.6. The van der Waals surface area contributed by atoms with Crippen LogP contribution in [0.5, 0.6) is 0 Å². The second-order valence-corrected chi connectivity index (χ2v) is 6.15. The van der Waals surface area contributed by atoms with E-state index < -0.39 is 0 Å². The molecule has 0 radical (unpaired) electrons. The average Bonchev–Trinajstić information content (AvgIpc) is 2.99. The van der Waals surface area contributed by atoms with Crippen molar-refractivity contribution in [3.05, 3.63) is 77.4 Å². The molecular formula is C17H13FN4S. The second kappa shape index (κ2) is 5.96. The van der Waals surface area contributed by atoms with E-state index in [2.05, 4.69) is 15.2 Å². The molecule has 0 bridgehead atoms. The van der Waals surface area contributed by atoms with Crippen LogP contribution in [0.25, 0.3) is 0 Å². The summed E-state index contributed by atoms with van der Waals surface area (Å²) >= 11 is 1.62. The standard InChI is InChI=1S/C17H13FN4S/c18-14-8-6-12(7-9-14)10-16-19-17-22(21-16)20-15(11-23-17)13-4-2-1-3-5-13/h1-9H,10-11H2. The molecule has 0 amide bonds. The fourth-order valence-electron chi connectivity index (χ4n) is 2.39.